The van der Waals surface area contributed by atoms with Crippen molar-refractivity contribution in [2.75, 3.05) is 6.61 Å². The number of rotatable bonds is 9. The summed E-state index contributed by atoms with van der Waals surface area (Å²) in [7, 11) is 0. The van der Waals surface area contributed by atoms with Gasteiger partial charge >= 0.3 is 6.09 Å². The number of nitrogens with zero attached hydrogens (tertiary/aromatic N) is 1. The predicted octanol–water partition coefficient (Wildman–Crippen LogP) is 3.16. The molecule has 182 valence electrons. The van der Waals surface area contributed by atoms with Gasteiger partial charge in [-0.2, -0.15) is 0 Å². The van der Waals surface area contributed by atoms with Gasteiger partial charge < -0.3 is 25.4 Å². The second kappa shape index (κ2) is 11.3. The lowest BCUT2D eigenvalue weighted by Crippen LogP contribution is -2.58. The molecule has 0 radical (unpaired) electrons. The van der Waals surface area contributed by atoms with E-state index in [-0.39, 0.29) is 18.0 Å². The number of hydrogen-bond acceptors (Lipinski definition) is 5. The fourth-order valence-electron chi connectivity index (χ4n) is 3.66. The van der Waals surface area contributed by atoms with E-state index in [0.29, 0.717) is 5.56 Å². The molecular formula is C25H37N3O5. The largest absolute Gasteiger partial charge is 0.444 e. The lowest BCUT2D eigenvalue weighted by molar-refractivity contribution is -0.148. The minimum Gasteiger partial charge on any atom is -0.444 e. The maximum absolute atomic E-state index is 13.7. The minimum atomic E-state index is -1.24. The number of ether oxygens (including phenoxy) is 1. The van der Waals surface area contributed by atoms with Crippen molar-refractivity contribution in [2.45, 2.75) is 83.6 Å². The smallest absolute Gasteiger partial charge is 0.408 e. The number of hydrogen-bond donors (Lipinski definition) is 3. The second-order valence-corrected chi connectivity index (χ2v) is 9.65. The summed E-state index contributed by atoms with van der Waals surface area (Å²) in [6.45, 7) is 12.0. The highest BCUT2D eigenvalue weighted by atomic mass is 16.6. The SMILES string of the molecule is C=Cc1cccc(C(C(=O)NC(C)C)N(C(=O)C(CO)NC(=O)OC(C)(C)C)C2CCC2)c1. The molecule has 0 heterocycles. The molecule has 0 aromatic heterocycles. The van der Waals surface area contributed by atoms with E-state index in [9.17, 15) is 19.5 Å². The maximum Gasteiger partial charge on any atom is 0.408 e. The Labute approximate surface area is 196 Å². The van der Waals surface area contributed by atoms with E-state index in [1.807, 2.05) is 32.0 Å². The van der Waals surface area contributed by atoms with Gasteiger partial charge in [0.05, 0.1) is 6.61 Å². The molecule has 8 heteroatoms. The Kier molecular flexibility index (Phi) is 9.05. The van der Waals surface area contributed by atoms with Crippen molar-refractivity contribution in [1.82, 2.24) is 15.5 Å². The zero-order valence-electron chi connectivity index (χ0n) is 20.3. The first-order chi connectivity index (χ1) is 15.5. The first-order valence-electron chi connectivity index (χ1n) is 11.4. The molecule has 0 bridgehead atoms. The Hall–Kier alpha value is -2.87. The van der Waals surface area contributed by atoms with Gasteiger partial charge in [-0.15, -0.1) is 0 Å². The van der Waals surface area contributed by atoms with Gasteiger partial charge in [-0.3, -0.25) is 9.59 Å². The molecule has 2 rings (SSSR count). The number of benzene rings is 1. The highest BCUT2D eigenvalue weighted by molar-refractivity contribution is 5.92. The zero-order valence-corrected chi connectivity index (χ0v) is 20.3. The van der Waals surface area contributed by atoms with E-state index in [1.165, 1.54) is 4.90 Å². The average molecular weight is 460 g/mol. The third-order valence-corrected chi connectivity index (χ3v) is 5.31. The van der Waals surface area contributed by atoms with Gasteiger partial charge in [0, 0.05) is 12.1 Å². The third kappa shape index (κ3) is 7.32. The Morgan fingerprint density at radius 3 is 2.39 bits per heavy atom. The van der Waals surface area contributed by atoms with Crippen LogP contribution in [0.15, 0.2) is 30.8 Å². The predicted molar refractivity (Wildman–Crippen MR) is 127 cm³/mol. The van der Waals surface area contributed by atoms with Crippen LogP contribution in [0.5, 0.6) is 0 Å². The number of nitrogens with one attached hydrogen (secondary N) is 2. The first kappa shape index (κ1) is 26.4. The molecule has 1 fully saturated rings. The second-order valence-electron chi connectivity index (χ2n) is 9.65. The third-order valence-electron chi connectivity index (χ3n) is 5.31. The molecule has 1 saturated carbocycles. The van der Waals surface area contributed by atoms with Gasteiger partial charge in [0.2, 0.25) is 11.8 Å². The average Bonchev–Trinajstić information content (AvgIpc) is 2.68. The lowest BCUT2D eigenvalue weighted by atomic mass is 9.88. The normalized spacial score (nSPS) is 15.7. The molecule has 8 nitrogen and oxygen atoms in total. The van der Waals surface area contributed by atoms with Gasteiger partial charge in [0.1, 0.15) is 17.7 Å². The number of amides is 3. The van der Waals surface area contributed by atoms with Crippen molar-refractivity contribution in [3.8, 4) is 0 Å². The molecule has 2 atom stereocenters. The minimum absolute atomic E-state index is 0.130. The zero-order chi connectivity index (χ0) is 24.8. The van der Waals surface area contributed by atoms with Gasteiger partial charge in [-0.05, 0) is 71.1 Å². The Morgan fingerprint density at radius 1 is 1.24 bits per heavy atom. The van der Waals surface area contributed by atoms with Crippen LogP contribution in [0.3, 0.4) is 0 Å². The van der Waals surface area contributed by atoms with Crippen molar-refractivity contribution < 1.29 is 24.2 Å². The molecule has 0 spiro atoms. The summed E-state index contributed by atoms with van der Waals surface area (Å²) in [6.07, 6.45) is 3.28. The van der Waals surface area contributed by atoms with Crippen LogP contribution in [-0.4, -0.2) is 58.2 Å². The Bertz CT molecular complexity index is 858. The van der Waals surface area contributed by atoms with Crippen LogP contribution >= 0.6 is 0 Å². The van der Waals surface area contributed by atoms with Crippen molar-refractivity contribution in [3.63, 3.8) is 0 Å². The lowest BCUT2D eigenvalue weighted by Gasteiger charge is -2.43. The summed E-state index contributed by atoms with van der Waals surface area (Å²) in [5.74, 6) is -0.846. The molecule has 1 aromatic carbocycles. The summed E-state index contributed by atoms with van der Waals surface area (Å²) < 4.78 is 5.25. The molecule has 0 saturated heterocycles. The molecule has 0 aliphatic heterocycles. The van der Waals surface area contributed by atoms with E-state index >= 15 is 0 Å². The van der Waals surface area contributed by atoms with Gasteiger partial charge in [0.25, 0.3) is 0 Å². The number of carbonyl (C=O) groups is 3. The molecule has 1 aliphatic rings. The van der Waals surface area contributed by atoms with Gasteiger partial charge in [-0.25, -0.2) is 4.79 Å². The van der Waals surface area contributed by atoms with E-state index in [0.717, 1.165) is 24.8 Å². The monoisotopic (exact) mass is 459 g/mol. The summed E-state index contributed by atoms with van der Waals surface area (Å²) in [4.78, 5) is 40.8. The highest BCUT2D eigenvalue weighted by Gasteiger charge is 2.42. The Morgan fingerprint density at radius 2 is 1.91 bits per heavy atom. The molecule has 2 unspecified atom stereocenters. The Balaban J connectivity index is 2.44. The maximum atomic E-state index is 13.7. The van der Waals surface area contributed by atoms with Crippen molar-refractivity contribution >= 4 is 24.0 Å². The van der Waals surface area contributed by atoms with Crippen molar-refractivity contribution in [2.24, 2.45) is 0 Å². The fraction of sp³-hybridized carbons (Fsp3) is 0.560. The molecular weight excluding hydrogens is 422 g/mol. The van der Waals surface area contributed by atoms with E-state index in [1.54, 1.807) is 32.9 Å². The van der Waals surface area contributed by atoms with Gasteiger partial charge in [-0.1, -0.05) is 30.9 Å². The summed E-state index contributed by atoms with van der Waals surface area (Å²) >= 11 is 0. The van der Waals surface area contributed by atoms with E-state index in [4.69, 9.17) is 4.74 Å². The van der Waals surface area contributed by atoms with Crippen LogP contribution in [0.1, 0.15) is 71.0 Å². The molecule has 3 amide bonds. The topological polar surface area (TPSA) is 108 Å². The standard InChI is InChI=1S/C25H37N3O5/c1-7-17-10-8-11-18(14-17)21(22(30)26-16(2)3)28(19-12-9-13-19)23(31)20(15-29)27-24(32)33-25(4,5)6/h7-8,10-11,14,16,19-21,29H,1,9,12-13,15H2,2-6H3,(H,26,30)(H,27,32). The van der Waals surface area contributed by atoms with Gasteiger partial charge in [0.15, 0.2) is 0 Å². The van der Waals surface area contributed by atoms with Crippen LogP contribution in [0.4, 0.5) is 4.79 Å². The summed E-state index contributed by atoms with van der Waals surface area (Å²) in [5, 5.41) is 15.3. The molecule has 3 N–H and O–H groups in total. The molecule has 33 heavy (non-hydrogen) atoms. The van der Waals surface area contributed by atoms with Crippen molar-refractivity contribution in [3.05, 3.63) is 42.0 Å². The van der Waals surface area contributed by atoms with Crippen molar-refractivity contribution in [1.29, 1.82) is 0 Å². The highest BCUT2D eigenvalue weighted by Crippen LogP contribution is 2.34. The molecule has 1 aromatic rings. The van der Waals surface area contributed by atoms with Crippen LogP contribution in [-0.2, 0) is 14.3 Å². The van der Waals surface area contributed by atoms with Crippen LogP contribution in [0, 0.1) is 0 Å². The summed E-state index contributed by atoms with van der Waals surface area (Å²) in [6, 6.07) is 4.84. The number of aliphatic hydroxyl groups is 1. The van der Waals surface area contributed by atoms with E-state index < -0.39 is 36.3 Å². The number of alkyl carbamates (subject to hydrolysis) is 1. The number of aliphatic hydroxyl groups excluding tert-OH is 1. The van der Waals surface area contributed by atoms with Crippen LogP contribution in [0.25, 0.3) is 6.08 Å². The fourth-order valence-corrected chi connectivity index (χ4v) is 3.66. The summed E-state index contributed by atoms with van der Waals surface area (Å²) in [5.41, 5.74) is 0.701. The van der Waals surface area contributed by atoms with E-state index in [2.05, 4.69) is 17.2 Å². The quantitative estimate of drug-likeness (QED) is 0.526. The van der Waals surface area contributed by atoms with Crippen LogP contribution in [0.2, 0.25) is 0 Å². The van der Waals surface area contributed by atoms with Crippen LogP contribution < -0.4 is 10.6 Å². The molecule has 1 aliphatic carbocycles. The first-order valence-corrected chi connectivity index (χ1v) is 11.4. The number of carbonyl (C=O) groups excluding carboxylic acids is 3.